The van der Waals surface area contributed by atoms with E-state index < -0.39 is 0 Å². The van der Waals surface area contributed by atoms with Crippen LogP contribution in [0.2, 0.25) is 0 Å². The molecule has 2 heterocycles. The van der Waals surface area contributed by atoms with Crippen LogP contribution in [-0.2, 0) is 6.54 Å². The molecule has 0 bridgehead atoms. The number of hydrogen-bond acceptors (Lipinski definition) is 4. The molecule has 2 aromatic heterocycles. The molecule has 0 spiro atoms. The fourth-order valence-corrected chi connectivity index (χ4v) is 2.11. The summed E-state index contributed by atoms with van der Waals surface area (Å²) >= 11 is 0. The molecule has 5 nitrogen and oxygen atoms in total. The average molecular weight is 290 g/mol. The number of fused-ring (bicyclic) bond motifs is 1. The molecule has 0 saturated carbocycles. The van der Waals surface area contributed by atoms with Crippen LogP contribution in [0.5, 0.6) is 0 Å². The summed E-state index contributed by atoms with van der Waals surface area (Å²) in [5, 5.41) is 3.25. The summed E-state index contributed by atoms with van der Waals surface area (Å²) in [5.41, 5.74) is 2.91. The van der Waals surface area contributed by atoms with E-state index in [0.717, 1.165) is 30.1 Å². The Balaban J connectivity index is 0.00000147. The van der Waals surface area contributed by atoms with Crippen molar-refractivity contribution in [2.24, 2.45) is 0 Å². The summed E-state index contributed by atoms with van der Waals surface area (Å²) in [6.07, 6.45) is 3.35. The zero-order valence-electron chi connectivity index (χ0n) is 11.2. The highest BCUT2D eigenvalue weighted by molar-refractivity contribution is 5.85. The Kier molecular flexibility index (Phi) is 4.53. The Labute approximate surface area is 123 Å². The Hall–Kier alpha value is -2.14. The predicted octanol–water partition coefficient (Wildman–Crippen LogP) is 2.73. The molecule has 1 N–H and O–H groups in total. The molecule has 0 unspecified atom stereocenters. The Bertz CT molecular complexity index is 680. The fourth-order valence-electron chi connectivity index (χ4n) is 2.11. The Morgan fingerprint density at radius 2 is 1.90 bits per heavy atom. The minimum absolute atomic E-state index is 0. The van der Waals surface area contributed by atoms with Gasteiger partial charge in [-0.05, 0) is 12.5 Å². The van der Waals surface area contributed by atoms with Gasteiger partial charge in [-0.3, -0.25) is 0 Å². The Morgan fingerprint density at radius 1 is 1.10 bits per heavy atom. The van der Waals surface area contributed by atoms with Gasteiger partial charge in [0.1, 0.15) is 11.8 Å². The fraction of sp³-hybridized carbons (Fsp3) is 0.214. The molecule has 0 radical (unpaired) electrons. The summed E-state index contributed by atoms with van der Waals surface area (Å²) in [7, 11) is 0. The highest BCUT2D eigenvalue weighted by atomic mass is 35.5. The molecule has 0 aliphatic heterocycles. The van der Waals surface area contributed by atoms with E-state index in [0.29, 0.717) is 0 Å². The van der Waals surface area contributed by atoms with Gasteiger partial charge in [0.25, 0.3) is 0 Å². The maximum atomic E-state index is 4.33. The van der Waals surface area contributed by atoms with Gasteiger partial charge in [0, 0.05) is 13.1 Å². The molecule has 0 saturated heterocycles. The molecule has 0 aliphatic rings. The van der Waals surface area contributed by atoms with Crippen molar-refractivity contribution in [1.29, 1.82) is 0 Å². The second-order valence-corrected chi connectivity index (χ2v) is 4.28. The number of anilines is 1. The lowest BCUT2D eigenvalue weighted by Gasteiger charge is -2.08. The van der Waals surface area contributed by atoms with Crippen LogP contribution in [0.1, 0.15) is 12.5 Å². The first-order valence-corrected chi connectivity index (χ1v) is 6.32. The van der Waals surface area contributed by atoms with Gasteiger partial charge in [-0.1, -0.05) is 30.3 Å². The first-order valence-electron chi connectivity index (χ1n) is 6.32. The van der Waals surface area contributed by atoms with Gasteiger partial charge in [-0.25, -0.2) is 15.0 Å². The zero-order valence-corrected chi connectivity index (χ0v) is 12.0. The molecule has 6 heteroatoms. The van der Waals surface area contributed by atoms with Crippen molar-refractivity contribution < 1.29 is 0 Å². The van der Waals surface area contributed by atoms with Crippen LogP contribution in [-0.4, -0.2) is 26.1 Å². The first kappa shape index (κ1) is 14.3. The summed E-state index contributed by atoms with van der Waals surface area (Å²) in [6.45, 7) is 3.64. The van der Waals surface area contributed by atoms with E-state index in [1.54, 1.807) is 6.33 Å². The van der Waals surface area contributed by atoms with Gasteiger partial charge in [0.05, 0.1) is 6.33 Å². The topological polar surface area (TPSA) is 55.6 Å². The quantitative estimate of drug-likeness (QED) is 0.802. The maximum Gasteiger partial charge on any atom is 0.182 e. The summed E-state index contributed by atoms with van der Waals surface area (Å²) in [4.78, 5) is 12.8. The molecule has 0 atom stereocenters. The van der Waals surface area contributed by atoms with Crippen LogP contribution >= 0.6 is 12.4 Å². The molecule has 3 aromatic rings. The molecule has 20 heavy (non-hydrogen) atoms. The van der Waals surface area contributed by atoms with Crippen molar-refractivity contribution in [3.8, 4) is 0 Å². The van der Waals surface area contributed by atoms with E-state index in [-0.39, 0.29) is 12.4 Å². The third kappa shape index (κ3) is 2.72. The van der Waals surface area contributed by atoms with Crippen LogP contribution in [0, 0.1) is 0 Å². The number of benzene rings is 1. The maximum absolute atomic E-state index is 4.33. The summed E-state index contributed by atoms with van der Waals surface area (Å²) in [6, 6.07) is 10.3. The molecule has 104 valence electrons. The second kappa shape index (κ2) is 6.34. The SMILES string of the molecule is CCNc1ncnc2ncn(Cc3ccccc3)c12.Cl. The van der Waals surface area contributed by atoms with Crippen molar-refractivity contribution in [2.45, 2.75) is 13.5 Å². The smallest absolute Gasteiger partial charge is 0.182 e. The van der Waals surface area contributed by atoms with Gasteiger partial charge in [-0.2, -0.15) is 0 Å². The van der Waals surface area contributed by atoms with Gasteiger partial charge in [0.2, 0.25) is 0 Å². The number of nitrogens with one attached hydrogen (secondary N) is 1. The molecular weight excluding hydrogens is 274 g/mol. The van der Waals surface area contributed by atoms with Crippen molar-refractivity contribution in [2.75, 3.05) is 11.9 Å². The molecule has 0 aliphatic carbocycles. The second-order valence-electron chi connectivity index (χ2n) is 4.28. The number of rotatable bonds is 4. The van der Waals surface area contributed by atoms with Crippen LogP contribution < -0.4 is 5.32 Å². The number of hydrogen-bond donors (Lipinski definition) is 1. The largest absolute Gasteiger partial charge is 0.368 e. The molecular formula is C14H16ClN5. The van der Waals surface area contributed by atoms with Crippen LogP contribution in [0.15, 0.2) is 43.0 Å². The number of aromatic nitrogens is 4. The normalized spacial score (nSPS) is 10.2. The molecule has 0 amide bonds. The van der Waals surface area contributed by atoms with E-state index in [9.17, 15) is 0 Å². The van der Waals surface area contributed by atoms with Crippen LogP contribution in [0.4, 0.5) is 5.82 Å². The van der Waals surface area contributed by atoms with Crippen molar-refractivity contribution >= 4 is 29.4 Å². The minimum Gasteiger partial charge on any atom is -0.368 e. The number of nitrogens with zero attached hydrogens (tertiary/aromatic N) is 4. The van der Waals surface area contributed by atoms with Crippen LogP contribution in [0.25, 0.3) is 11.2 Å². The lowest BCUT2D eigenvalue weighted by atomic mass is 10.2. The van der Waals surface area contributed by atoms with E-state index in [4.69, 9.17) is 0 Å². The van der Waals surface area contributed by atoms with Gasteiger partial charge >= 0.3 is 0 Å². The van der Waals surface area contributed by atoms with Gasteiger partial charge < -0.3 is 9.88 Å². The lowest BCUT2D eigenvalue weighted by molar-refractivity contribution is 0.823. The highest BCUT2D eigenvalue weighted by Crippen LogP contribution is 2.19. The summed E-state index contributed by atoms with van der Waals surface area (Å²) < 4.78 is 2.07. The number of halogens is 1. The van der Waals surface area contributed by atoms with E-state index in [1.807, 2.05) is 31.5 Å². The third-order valence-corrected chi connectivity index (χ3v) is 2.95. The van der Waals surface area contributed by atoms with Crippen molar-refractivity contribution in [3.05, 3.63) is 48.5 Å². The van der Waals surface area contributed by atoms with E-state index >= 15 is 0 Å². The highest BCUT2D eigenvalue weighted by Gasteiger charge is 2.09. The van der Waals surface area contributed by atoms with Crippen LogP contribution in [0.3, 0.4) is 0 Å². The minimum atomic E-state index is 0. The third-order valence-electron chi connectivity index (χ3n) is 2.95. The first-order chi connectivity index (χ1) is 9.38. The zero-order chi connectivity index (χ0) is 13.1. The number of imidazole rings is 1. The van der Waals surface area contributed by atoms with E-state index in [2.05, 4.69) is 37.0 Å². The lowest BCUT2D eigenvalue weighted by Crippen LogP contribution is -2.05. The molecule has 3 rings (SSSR count). The monoisotopic (exact) mass is 289 g/mol. The Morgan fingerprint density at radius 3 is 2.65 bits per heavy atom. The van der Waals surface area contributed by atoms with Crippen molar-refractivity contribution in [1.82, 2.24) is 19.5 Å². The molecule has 0 fully saturated rings. The van der Waals surface area contributed by atoms with E-state index in [1.165, 1.54) is 5.56 Å². The molecule has 1 aromatic carbocycles. The van der Waals surface area contributed by atoms with Crippen molar-refractivity contribution in [3.63, 3.8) is 0 Å². The van der Waals surface area contributed by atoms with Gasteiger partial charge in [-0.15, -0.1) is 12.4 Å². The summed E-state index contributed by atoms with van der Waals surface area (Å²) in [5.74, 6) is 0.834. The predicted molar refractivity (Wildman–Crippen MR) is 82.3 cm³/mol. The standard InChI is InChI=1S/C14H15N5.ClH/c1-2-15-13-12-14(17-9-16-13)18-10-19(12)8-11-6-4-3-5-7-11;/h3-7,9-10H,2,8H2,1H3,(H,15,16,17);1H. The average Bonchev–Trinajstić information content (AvgIpc) is 2.85. The van der Waals surface area contributed by atoms with Gasteiger partial charge in [0.15, 0.2) is 11.5 Å².